The highest BCUT2D eigenvalue weighted by molar-refractivity contribution is 6.32. The highest BCUT2D eigenvalue weighted by atomic mass is 35.5. The van der Waals surface area contributed by atoms with Crippen LogP contribution in [0.25, 0.3) is 0 Å². The molecule has 0 atom stereocenters. The van der Waals surface area contributed by atoms with Crippen molar-refractivity contribution < 1.29 is 9.53 Å². The Morgan fingerprint density at radius 3 is 2.68 bits per heavy atom. The summed E-state index contributed by atoms with van der Waals surface area (Å²) in [7, 11) is 1.55. The van der Waals surface area contributed by atoms with Crippen LogP contribution in [0.4, 0.5) is 5.69 Å². The lowest BCUT2D eigenvalue weighted by atomic mass is 10.2. The lowest BCUT2D eigenvalue weighted by molar-refractivity contribution is -0.121. The molecule has 0 unspecified atom stereocenters. The van der Waals surface area contributed by atoms with E-state index in [1.165, 1.54) is 0 Å². The molecular formula is C18H21ClN4O2. The molecule has 0 bridgehead atoms. The molecule has 0 heterocycles. The van der Waals surface area contributed by atoms with Gasteiger partial charge < -0.3 is 21.1 Å². The SMILES string of the molecule is COc1ccc(NC(N)=NCCC(=O)NCc2ccccc2)cc1Cl. The molecule has 0 spiro atoms. The summed E-state index contributed by atoms with van der Waals surface area (Å²) in [6.07, 6.45) is 0.262. The number of benzene rings is 2. The third-order valence-electron chi connectivity index (χ3n) is 3.38. The molecule has 2 aromatic carbocycles. The maximum Gasteiger partial charge on any atom is 0.222 e. The van der Waals surface area contributed by atoms with Crippen LogP contribution in [0.3, 0.4) is 0 Å². The molecule has 0 saturated carbocycles. The number of methoxy groups -OCH3 is 1. The summed E-state index contributed by atoms with van der Waals surface area (Å²) in [6, 6.07) is 14.9. The Labute approximate surface area is 152 Å². The van der Waals surface area contributed by atoms with Gasteiger partial charge in [-0.15, -0.1) is 0 Å². The van der Waals surface area contributed by atoms with E-state index in [0.29, 0.717) is 29.5 Å². The summed E-state index contributed by atoms with van der Waals surface area (Å²) in [4.78, 5) is 15.9. The smallest absolute Gasteiger partial charge is 0.222 e. The second-order valence-corrected chi connectivity index (χ2v) is 5.66. The number of amides is 1. The van der Waals surface area contributed by atoms with Crippen LogP contribution in [0.1, 0.15) is 12.0 Å². The number of anilines is 1. The summed E-state index contributed by atoms with van der Waals surface area (Å²) in [5.74, 6) is 0.725. The van der Waals surface area contributed by atoms with Crippen LogP contribution in [0, 0.1) is 0 Å². The van der Waals surface area contributed by atoms with Crippen molar-refractivity contribution in [2.75, 3.05) is 19.0 Å². The van der Waals surface area contributed by atoms with Crippen LogP contribution in [0.5, 0.6) is 5.75 Å². The predicted molar refractivity (Wildman–Crippen MR) is 101 cm³/mol. The fourth-order valence-electron chi connectivity index (χ4n) is 2.09. The minimum atomic E-state index is -0.0760. The number of rotatable bonds is 7. The van der Waals surface area contributed by atoms with Gasteiger partial charge in [0.1, 0.15) is 5.75 Å². The number of halogens is 1. The van der Waals surface area contributed by atoms with Crippen molar-refractivity contribution in [1.82, 2.24) is 5.32 Å². The first-order chi connectivity index (χ1) is 12.1. The highest BCUT2D eigenvalue weighted by Crippen LogP contribution is 2.26. The summed E-state index contributed by atoms with van der Waals surface area (Å²) in [5.41, 5.74) is 7.56. The molecule has 0 fully saturated rings. The number of ether oxygens (including phenoxy) is 1. The average Bonchev–Trinajstić information content (AvgIpc) is 2.61. The Bertz CT molecular complexity index is 735. The van der Waals surface area contributed by atoms with Crippen LogP contribution < -0.4 is 21.1 Å². The molecule has 0 radical (unpaired) electrons. The number of nitrogens with zero attached hydrogens (tertiary/aromatic N) is 1. The van der Waals surface area contributed by atoms with Gasteiger partial charge in [0.15, 0.2) is 5.96 Å². The topological polar surface area (TPSA) is 88.7 Å². The molecule has 0 aromatic heterocycles. The second kappa shape index (κ2) is 9.54. The molecule has 0 saturated heterocycles. The largest absolute Gasteiger partial charge is 0.495 e. The molecule has 2 rings (SSSR count). The summed E-state index contributed by atoms with van der Waals surface area (Å²) in [5, 5.41) is 6.24. The normalized spacial score (nSPS) is 11.0. The molecule has 1 amide bonds. The van der Waals surface area contributed by atoms with Crippen molar-refractivity contribution in [3.05, 3.63) is 59.1 Å². The fraction of sp³-hybridized carbons (Fsp3) is 0.222. The average molecular weight is 361 g/mol. The van der Waals surface area contributed by atoms with Gasteiger partial charge in [0.05, 0.1) is 18.7 Å². The van der Waals surface area contributed by atoms with E-state index in [4.69, 9.17) is 22.1 Å². The van der Waals surface area contributed by atoms with Crippen molar-refractivity contribution in [3.8, 4) is 5.75 Å². The zero-order chi connectivity index (χ0) is 18.1. The van der Waals surface area contributed by atoms with Crippen molar-refractivity contribution >= 4 is 29.2 Å². The minimum Gasteiger partial charge on any atom is -0.495 e. The lowest BCUT2D eigenvalue weighted by Crippen LogP contribution is -2.25. The molecule has 132 valence electrons. The zero-order valence-electron chi connectivity index (χ0n) is 14.0. The van der Waals surface area contributed by atoms with Crippen LogP contribution in [-0.4, -0.2) is 25.5 Å². The van der Waals surface area contributed by atoms with Crippen LogP contribution in [-0.2, 0) is 11.3 Å². The zero-order valence-corrected chi connectivity index (χ0v) is 14.7. The maximum absolute atomic E-state index is 11.8. The monoisotopic (exact) mass is 360 g/mol. The van der Waals surface area contributed by atoms with Crippen LogP contribution in [0.15, 0.2) is 53.5 Å². The Hall–Kier alpha value is -2.73. The first-order valence-corrected chi connectivity index (χ1v) is 8.17. The maximum atomic E-state index is 11.8. The van der Waals surface area contributed by atoms with Gasteiger partial charge in [0, 0.05) is 18.7 Å². The minimum absolute atomic E-state index is 0.0760. The molecular weight excluding hydrogens is 340 g/mol. The summed E-state index contributed by atoms with van der Waals surface area (Å²) >= 11 is 6.05. The van der Waals surface area contributed by atoms with E-state index in [1.54, 1.807) is 25.3 Å². The summed E-state index contributed by atoms with van der Waals surface area (Å²) in [6.45, 7) is 0.796. The predicted octanol–water partition coefficient (Wildman–Crippen LogP) is 2.78. The number of hydrogen-bond acceptors (Lipinski definition) is 3. The third kappa shape index (κ3) is 6.35. The van der Waals surface area contributed by atoms with Crippen molar-refractivity contribution in [2.24, 2.45) is 10.7 Å². The van der Waals surface area contributed by atoms with Gasteiger partial charge in [-0.25, -0.2) is 0 Å². The van der Waals surface area contributed by atoms with Crippen molar-refractivity contribution in [1.29, 1.82) is 0 Å². The third-order valence-corrected chi connectivity index (χ3v) is 3.67. The van der Waals surface area contributed by atoms with Gasteiger partial charge in [0.2, 0.25) is 5.91 Å². The van der Waals surface area contributed by atoms with Crippen LogP contribution in [0.2, 0.25) is 5.02 Å². The fourth-order valence-corrected chi connectivity index (χ4v) is 2.35. The second-order valence-electron chi connectivity index (χ2n) is 5.25. The summed E-state index contributed by atoms with van der Waals surface area (Å²) < 4.78 is 5.09. The van der Waals surface area contributed by atoms with E-state index < -0.39 is 0 Å². The Kier molecular flexibility index (Phi) is 7.10. The lowest BCUT2D eigenvalue weighted by Gasteiger charge is -2.08. The molecule has 4 N–H and O–H groups in total. The van der Waals surface area contributed by atoms with E-state index in [9.17, 15) is 4.79 Å². The van der Waals surface area contributed by atoms with Crippen molar-refractivity contribution in [2.45, 2.75) is 13.0 Å². The number of nitrogens with one attached hydrogen (secondary N) is 2. The number of aliphatic imine (C=N–C) groups is 1. The molecule has 0 aliphatic carbocycles. The Morgan fingerprint density at radius 1 is 1.24 bits per heavy atom. The van der Waals surface area contributed by atoms with E-state index in [0.717, 1.165) is 5.56 Å². The molecule has 0 aliphatic heterocycles. The van der Waals surface area contributed by atoms with Crippen LogP contribution >= 0.6 is 11.6 Å². The molecule has 0 aliphatic rings. The molecule has 2 aromatic rings. The quantitative estimate of drug-likeness (QED) is 0.523. The van der Waals surface area contributed by atoms with E-state index in [1.807, 2.05) is 30.3 Å². The van der Waals surface area contributed by atoms with E-state index in [-0.39, 0.29) is 18.3 Å². The van der Waals surface area contributed by atoms with E-state index >= 15 is 0 Å². The highest BCUT2D eigenvalue weighted by Gasteiger charge is 2.03. The van der Waals surface area contributed by atoms with E-state index in [2.05, 4.69) is 15.6 Å². The van der Waals surface area contributed by atoms with Gasteiger partial charge in [-0.3, -0.25) is 9.79 Å². The number of nitrogens with two attached hydrogens (primary N) is 1. The van der Waals surface area contributed by atoms with Gasteiger partial charge in [0.25, 0.3) is 0 Å². The first kappa shape index (κ1) is 18.6. The Balaban J connectivity index is 1.75. The van der Waals surface area contributed by atoms with Gasteiger partial charge in [-0.05, 0) is 23.8 Å². The van der Waals surface area contributed by atoms with Crippen molar-refractivity contribution in [3.63, 3.8) is 0 Å². The van der Waals surface area contributed by atoms with Gasteiger partial charge >= 0.3 is 0 Å². The standard InChI is InChI=1S/C18H21ClN4O2/c1-25-16-8-7-14(11-15(16)19)23-18(20)21-10-9-17(24)22-12-13-5-3-2-4-6-13/h2-8,11H,9-10,12H2,1H3,(H,22,24)(H3,20,21,23). The molecule has 25 heavy (non-hydrogen) atoms. The number of guanidine groups is 1. The first-order valence-electron chi connectivity index (χ1n) is 7.79. The Morgan fingerprint density at radius 2 is 2.00 bits per heavy atom. The number of hydrogen-bond donors (Lipinski definition) is 3. The number of carbonyl (C=O) groups excluding carboxylic acids is 1. The molecule has 7 heteroatoms. The number of carbonyl (C=O) groups is 1. The molecule has 6 nitrogen and oxygen atoms in total. The van der Waals surface area contributed by atoms with Gasteiger partial charge in [-0.1, -0.05) is 41.9 Å². The van der Waals surface area contributed by atoms with Gasteiger partial charge in [-0.2, -0.15) is 0 Å².